The fourth-order valence-electron chi connectivity index (χ4n) is 6.25. The molecule has 7 heteroatoms. The van der Waals surface area contributed by atoms with Crippen molar-refractivity contribution in [3.8, 4) is 5.75 Å². The van der Waals surface area contributed by atoms with E-state index in [1.165, 1.54) is 19.4 Å². The van der Waals surface area contributed by atoms with Gasteiger partial charge in [-0.05, 0) is 93.2 Å². The number of benzene rings is 3. The van der Waals surface area contributed by atoms with E-state index < -0.39 is 0 Å². The third-order valence-electron chi connectivity index (χ3n) is 8.06. The summed E-state index contributed by atoms with van der Waals surface area (Å²) in [6.07, 6.45) is 3.56. The third kappa shape index (κ3) is 3.68. The molecule has 0 bridgehead atoms. The van der Waals surface area contributed by atoms with Crippen LogP contribution >= 0.6 is 23.2 Å². The van der Waals surface area contributed by atoms with Crippen LogP contribution in [0, 0.1) is 11.8 Å². The monoisotopic (exact) mass is 506 g/mol. The quantitative estimate of drug-likeness (QED) is 0.195. The molecule has 180 valence electrons. The maximum absolute atomic E-state index is 6.51. The smallest absolute Gasteiger partial charge is 0.167 e. The van der Waals surface area contributed by atoms with Crippen molar-refractivity contribution in [3.05, 3.63) is 52.5 Å². The van der Waals surface area contributed by atoms with Gasteiger partial charge in [0.25, 0.3) is 0 Å². The van der Waals surface area contributed by atoms with Gasteiger partial charge in [0.05, 0.1) is 17.6 Å². The van der Waals surface area contributed by atoms with E-state index in [4.69, 9.17) is 27.9 Å². The first-order valence-electron chi connectivity index (χ1n) is 12.6. The number of nitrogens with one attached hydrogen (secondary N) is 4. The number of ether oxygens (including phenoxy) is 1. The average molecular weight is 507 g/mol. The topological polar surface area (TPSA) is 64.9 Å². The van der Waals surface area contributed by atoms with Crippen molar-refractivity contribution in [1.82, 2.24) is 20.6 Å². The predicted molar refractivity (Wildman–Crippen MR) is 146 cm³/mol. The summed E-state index contributed by atoms with van der Waals surface area (Å²) in [7, 11) is 0. The Balaban J connectivity index is 1.20. The van der Waals surface area contributed by atoms with Gasteiger partial charge in [-0.1, -0.05) is 23.2 Å². The maximum atomic E-state index is 6.51. The van der Waals surface area contributed by atoms with Gasteiger partial charge >= 0.3 is 0 Å². The van der Waals surface area contributed by atoms with Gasteiger partial charge in [-0.2, -0.15) is 0 Å². The molecular weight excluding hydrogens is 479 g/mol. The molecule has 3 aromatic carbocycles. The minimum absolute atomic E-state index is 0.649. The Kier molecular flexibility index (Phi) is 5.36. The Labute approximate surface area is 213 Å². The molecule has 0 amide bonds. The summed E-state index contributed by atoms with van der Waals surface area (Å²) in [5.41, 5.74) is 4.09. The molecule has 3 unspecified atom stereocenters. The average Bonchev–Trinajstić information content (AvgIpc) is 3.38. The molecule has 5 nitrogen and oxygen atoms in total. The molecule has 35 heavy (non-hydrogen) atoms. The number of fused-ring (bicyclic) bond motifs is 7. The molecule has 1 saturated heterocycles. The molecule has 1 aliphatic carbocycles. The standard InChI is InChI=1S/C28H28Cl2N4O/c29-16-2-4-23-19(11-16)21-13-22-20-12-17(30)3-5-24(20)34-27(22)28(26(21)33-23)35-9-1-7-32-25-10-15-14-31-8-6-18(15)25/h2-5,11-13,15,18,25,31-34H,1,6-10,14H2. The lowest BCUT2D eigenvalue weighted by Gasteiger charge is -2.48. The van der Waals surface area contributed by atoms with E-state index >= 15 is 0 Å². The maximum Gasteiger partial charge on any atom is 0.167 e. The minimum Gasteiger partial charge on any atom is -0.489 e. The molecule has 7 rings (SSSR count). The van der Waals surface area contributed by atoms with Crippen LogP contribution in [0.3, 0.4) is 0 Å². The van der Waals surface area contributed by atoms with Crippen LogP contribution in [-0.2, 0) is 0 Å². The highest BCUT2D eigenvalue weighted by molar-refractivity contribution is 6.33. The normalized spacial score (nSPS) is 22.2. The van der Waals surface area contributed by atoms with Gasteiger partial charge in [-0.15, -0.1) is 0 Å². The van der Waals surface area contributed by atoms with Gasteiger partial charge in [0.2, 0.25) is 0 Å². The second kappa shape index (κ2) is 8.59. The van der Waals surface area contributed by atoms with Gasteiger partial charge < -0.3 is 25.3 Å². The van der Waals surface area contributed by atoms with Gasteiger partial charge in [0, 0.05) is 48.7 Å². The van der Waals surface area contributed by atoms with E-state index in [2.05, 4.69) is 26.7 Å². The van der Waals surface area contributed by atoms with Crippen molar-refractivity contribution in [1.29, 1.82) is 0 Å². The number of H-pyrrole nitrogens is 2. The Bertz CT molecular complexity index is 1480. The molecule has 4 N–H and O–H groups in total. The minimum atomic E-state index is 0.649. The Morgan fingerprint density at radius 2 is 1.57 bits per heavy atom. The SMILES string of the molecule is Clc1ccc2[nH]c3c(OCCCNC4CC5CNCCC54)c4[nH]c5ccc(Cl)cc5c4cc3c2c1. The van der Waals surface area contributed by atoms with Crippen LogP contribution in [0.15, 0.2) is 42.5 Å². The largest absolute Gasteiger partial charge is 0.489 e. The third-order valence-corrected chi connectivity index (χ3v) is 8.53. The van der Waals surface area contributed by atoms with Gasteiger partial charge in [0.15, 0.2) is 5.75 Å². The summed E-state index contributed by atoms with van der Waals surface area (Å²) in [5, 5.41) is 13.2. The van der Waals surface area contributed by atoms with Crippen LogP contribution in [0.2, 0.25) is 10.0 Å². The summed E-state index contributed by atoms with van der Waals surface area (Å²) in [5.74, 6) is 2.58. The van der Waals surface area contributed by atoms with E-state index in [9.17, 15) is 0 Å². The fraction of sp³-hybridized carbons (Fsp3) is 0.357. The van der Waals surface area contributed by atoms with Gasteiger partial charge in [-0.25, -0.2) is 0 Å². The van der Waals surface area contributed by atoms with Gasteiger partial charge in [-0.3, -0.25) is 0 Å². The number of halogens is 2. The van der Waals surface area contributed by atoms with E-state index in [0.717, 1.165) is 90.8 Å². The molecule has 1 aliphatic heterocycles. The Hall–Kier alpha value is -2.44. The molecule has 2 fully saturated rings. The van der Waals surface area contributed by atoms with Crippen LogP contribution in [0.1, 0.15) is 19.3 Å². The zero-order valence-corrected chi connectivity index (χ0v) is 20.9. The first-order chi connectivity index (χ1) is 17.2. The van der Waals surface area contributed by atoms with Crippen LogP contribution in [0.5, 0.6) is 5.75 Å². The predicted octanol–water partition coefficient (Wildman–Crippen LogP) is 6.62. The molecule has 3 heterocycles. The molecule has 2 aromatic heterocycles. The van der Waals surface area contributed by atoms with E-state index in [0.29, 0.717) is 12.6 Å². The van der Waals surface area contributed by atoms with E-state index in [1.54, 1.807) is 0 Å². The Morgan fingerprint density at radius 1 is 0.886 bits per heavy atom. The molecule has 0 spiro atoms. The number of aromatic amines is 2. The highest BCUT2D eigenvalue weighted by atomic mass is 35.5. The lowest BCUT2D eigenvalue weighted by Crippen LogP contribution is -2.57. The number of aromatic nitrogens is 2. The molecule has 1 saturated carbocycles. The Morgan fingerprint density at radius 3 is 2.23 bits per heavy atom. The van der Waals surface area contributed by atoms with E-state index in [1.807, 2.05) is 36.4 Å². The molecule has 2 aliphatic rings. The summed E-state index contributed by atoms with van der Waals surface area (Å²) >= 11 is 12.7. The lowest BCUT2D eigenvalue weighted by atomic mass is 9.66. The number of piperidine rings is 1. The molecule has 3 atom stereocenters. The molecular formula is C28H28Cl2N4O. The van der Waals surface area contributed by atoms with Crippen molar-refractivity contribution in [2.75, 3.05) is 26.2 Å². The summed E-state index contributed by atoms with van der Waals surface area (Å²) < 4.78 is 6.51. The van der Waals surface area contributed by atoms with Crippen molar-refractivity contribution in [2.24, 2.45) is 11.8 Å². The summed E-state index contributed by atoms with van der Waals surface area (Å²) in [6, 6.07) is 14.8. The molecule has 5 aromatic rings. The number of hydrogen-bond donors (Lipinski definition) is 4. The van der Waals surface area contributed by atoms with Crippen LogP contribution < -0.4 is 15.4 Å². The van der Waals surface area contributed by atoms with Crippen molar-refractivity contribution >= 4 is 66.8 Å². The fourth-order valence-corrected chi connectivity index (χ4v) is 6.59. The van der Waals surface area contributed by atoms with Crippen molar-refractivity contribution in [3.63, 3.8) is 0 Å². The number of rotatable bonds is 6. The summed E-state index contributed by atoms with van der Waals surface area (Å²) in [6.45, 7) is 3.98. The van der Waals surface area contributed by atoms with Crippen LogP contribution in [0.4, 0.5) is 0 Å². The highest BCUT2D eigenvalue weighted by Crippen LogP contribution is 2.42. The second-order valence-electron chi connectivity index (χ2n) is 10.1. The van der Waals surface area contributed by atoms with E-state index in [-0.39, 0.29) is 0 Å². The van der Waals surface area contributed by atoms with Gasteiger partial charge in [0.1, 0.15) is 0 Å². The first-order valence-corrected chi connectivity index (χ1v) is 13.3. The van der Waals surface area contributed by atoms with Crippen molar-refractivity contribution in [2.45, 2.75) is 25.3 Å². The first kappa shape index (κ1) is 21.8. The van der Waals surface area contributed by atoms with Crippen LogP contribution in [0.25, 0.3) is 43.6 Å². The van der Waals surface area contributed by atoms with Crippen LogP contribution in [-0.4, -0.2) is 42.3 Å². The lowest BCUT2D eigenvalue weighted by molar-refractivity contribution is 0.0713. The van der Waals surface area contributed by atoms with Crippen molar-refractivity contribution < 1.29 is 4.74 Å². The zero-order chi connectivity index (χ0) is 23.5. The molecule has 0 radical (unpaired) electrons. The number of hydrogen-bond acceptors (Lipinski definition) is 3. The summed E-state index contributed by atoms with van der Waals surface area (Å²) in [4.78, 5) is 7.16. The highest BCUT2D eigenvalue weighted by Gasteiger charge is 2.41. The zero-order valence-electron chi connectivity index (χ0n) is 19.4. The second-order valence-corrected chi connectivity index (χ2v) is 11.0.